The lowest BCUT2D eigenvalue weighted by atomic mass is 10.0. The molecule has 488 valence electrons. The molecule has 0 fully saturated rings. The van der Waals surface area contributed by atoms with Gasteiger partial charge in [-0.05, 0) is 70.0 Å². The van der Waals surface area contributed by atoms with Crippen LogP contribution in [0.5, 0.6) is 0 Å². The van der Waals surface area contributed by atoms with E-state index in [-0.39, 0.29) is 64.0 Å². The average molecular weight is 1250 g/mol. The number of carbonyl (C=O) groups is 14. The number of amides is 12. The molecule has 0 bridgehead atoms. The zero-order valence-corrected chi connectivity index (χ0v) is 48.0. The van der Waals surface area contributed by atoms with Gasteiger partial charge in [-0.3, -0.25) is 67.3 Å². The third-order valence-corrected chi connectivity index (χ3v) is 12.9. The minimum atomic E-state index is -1.91. The number of hydrogen-bond acceptors (Lipinski definition) is 20. The number of carboxylic acids is 2. The number of benzene rings is 1. The number of hydrogen-bond donors (Lipinski definition) is 22. The van der Waals surface area contributed by atoms with Crippen LogP contribution in [-0.4, -0.2) is 219 Å². The first-order valence-corrected chi connectivity index (χ1v) is 27.5. The van der Waals surface area contributed by atoms with Crippen LogP contribution in [0.3, 0.4) is 0 Å². The molecule has 37 nitrogen and oxygen atoms in total. The van der Waals surface area contributed by atoms with Crippen LogP contribution in [-0.2, 0) is 73.5 Å². The fourth-order valence-electron chi connectivity index (χ4n) is 8.07. The number of rotatable bonds is 42. The number of carboxylic acid groups (broad SMARTS) is 2. The summed E-state index contributed by atoms with van der Waals surface area (Å²) in [7, 11) is 0. The number of H-pyrrole nitrogens is 1. The number of primary amides is 2. The molecule has 28 N–H and O–H groups in total. The van der Waals surface area contributed by atoms with Crippen LogP contribution in [0, 0.1) is 0 Å². The number of aliphatic hydroxyl groups excluding tert-OH is 3. The van der Waals surface area contributed by atoms with Crippen molar-refractivity contribution >= 4 is 99.7 Å². The van der Waals surface area contributed by atoms with E-state index < -0.39 is 189 Å². The van der Waals surface area contributed by atoms with Crippen molar-refractivity contribution in [3.63, 3.8) is 0 Å². The maximum absolute atomic E-state index is 14.4. The number of carbonyl (C=O) groups excluding carboxylic acids is 12. The molecule has 0 saturated heterocycles. The van der Waals surface area contributed by atoms with Crippen LogP contribution < -0.4 is 87.6 Å². The number of aromatic nitrogens is 1. The normalized spacial score (nSPS) is 14.3. The molecule has 0 aliphatic heterocycles. The van der Waals surface area contributed by atoms with Gasteiger partial charge < -0.3 is 118 Å². The van der Waals surface area contributed by atoms with E-state index in [0.29, 0.717) is 22.9 Å². The minimum absolute atomic E-state index is 0.0321. The van der Waals surface area contributed by atoms with Gasteiger partial charge in [0.05, 0.1) is 32.8 Å². The SMILES string of the molecule is C[C@H](NC(=O)[C@H](CCC(N)=O)NC(=O)[C@H](CO)NC(=O)[C@H](CCCCN)NC(=O)[C@H](Cc1c[nH]c2ccccc12)NC(=O)[C@H](CO)NC(=O)[C@H](CC(=O)O)NC(=O)[C@@H](N)CO)C(=O)N[C@@H](CCCN=C(N)N)C(=O)NCC(=O)N[C@@H](CCC(N)=O)C(=O)O. The summed E-state index contributed by atoms with van der Waals surface area (Å²) in [6, 6.07) is -9.92. The standard InChI is InChI=1S/C51H80N18O19/c1-24(41(78)63-29(10-6-16-58-51(56)57)43(80)60-20-39(75)62-32(50(87)88)12-14-38(55)74)61-44(81)31(11-13-37(54)73)65-48(85)35(22-71)68-45(82)30(9-4-5-15-52)64-46(83)33(17-25-19-59-28-8-3-2-7-26(25)28)67-49(86)36(23-72)69-47(84)34(18-40(76)77)66-42(79)27(53)21-70/h2-3,7-8,19,24,27,29-36,59,70-72H,4-6,9-18,20-23,52-53H2,1H3,(H2,54,73)(H2,55,74)(H,60,80)(H,61,81)(H,62,75)(H,63,78)(H,64,83)(H,65,85)(H,66,79)(H,67,86)(H,68,82)(H,69,84)(H,76,77)(H,87,88)(H4,56,57,58)/t24-,27-,29-,30-,31-,32-,33-,34-,35-,36-/m0/s1. The van der Waals surface area contributed by atoms with E-state index in [2.05, 4.69) is 57.8 Å². The van der Waals surface area contributed by atoms with Gasteiger partial charge in [0, 0.05) is 42.9 Å². The number of nitrogens with one attached hydrogen (secondary N) is 11. The molecule has 0 unspecified atom stereocenters. The van der Waals surface area contributed by atoms with Crippen molar-refractivity contribution in [2.75, 3.05) is 39.5 Å². The first kappa shape index (κ1) is 74.5. The lowest BCUT2D eigenvalue weighted by Crippen LogP contribution is -2.61. The van der Waals surface area contributed by atoms with Crippen LogP contribution >= 0.6 is 0 Å². The number of aliphatic hydroxyl groups is 3. The highest BCUT2D eigenvalue weighted by molar-refractivity contribution is 5.99. The van der Waals surface area contributed by atoms with Crippen LogP contribution in [0.4, 0.5) is 0 Å². The third kappa shape index (κ3) is 26.8. The molecule has 1 heterocycles. The summed E-state index contributed by atoms with van der Waals surface area (Å²) < 4.78 is 0. The quantitative estimate of drug-likeness (QED) is 0.0167. The Bertz CT molecular complexity index is 2810. The van der Waals surface area contributed by atoms with Crippen LogP contribution in [0.2, 0.25) is 0 Å². The fourth-order valence-corrected chi connectivity index (χ4v) is 8.07. The number of guanidine groups is 1. The lowest BCUT2D eigenvalue weighted by Gasteiger charge is -2.27. The van der Waals surface area contributed by atoms with Gasteiger partial charge in [0.1, 0.15) is 60.4 Å². The Kier molecular flexibility index (Phi) is 32.6. The number of aliphatic carboxylic acids is 2. The largest absolute Gasteiger partial charge is 0.481 e. The van der Waals surface area contributed by atoms with Crippen LogP contribution in [0.1, 0.15) is 76.7 Å². The molecule has 88 heavy (non-hydrogen) atoms. The van der Waals surface area contributed by atoms with Gasteiger partial charge in [0.2, 0.25) is 70.9 Å². The van der Waals surface area contributed by atoms with E-state index in [9.17, 15) is 92.7 Å². The smallest absolute Gasteiger partial charge is 0.326 e. The van der Waals surface area contributed by atoms with Gasteiger partial charge >= 0.3 is 11.9 Å². The van der Waals surface area contributed by atoms with Gasteiger partial charge in [-0.2, -0.15) is 0 Å². The second-order valence-corrected chi connectivity index (χ2v) is 19.9. The summed E-state index contributed by atoms with van der Waals surface area (Å²) in [6.07, 6.45) is -1.46. The molecule has 1 aromatic heterocycles. The Morgan fingerprint density at radius 1 is 0.534 bits per heavy atom. The minimum Gasteiger partial charge on any atom is -0.481 e. The molecular weight excluding hydrogens is 1170 g/mol. The summed E-state index contributed by atoms with van der Waals surface area (Å²) in [5.41, 5.74) is 33.4. The Hall–Kier alpha value is -9.59. The van der Waals surface area contributed by atoms with E-state index >= 15 is 0 Å². The topological polar surface area (TPSA) is 645 Å². The number of para-hydroxylation sites is 1. The zero-order valence-electron chi connectivity index (χ0n) is 48.0. The summed E-state index contributed by atoms with van der Waals surface area (Å²) in [6.45, 7) is -2.72. The summed E-state index contributed by atoms with van der Waals surface area (Å²) >= 11 is 0. The monoisotopic (exact) mass is 1250 g/mol. The molecule has 0 radical (unpaired) electrons. The van der Waals surface area contributed by atoms with Crippen molar-refractivity contribution < 1.29 is 92.7 Å². The first-order valence-electron chi connectivity index (χ1n) is 27.5. The lowest BCUT2D eigenvalue weighted by molar-refractivity contribution is -0.142. The fraction of sp³-hybridized carbons (Fsp3) is 0.549. The molecule has 0 saturated carbocycles. The molecule has 0 aliphatic rings. The Morgan fingerprint density at radius 2 is 1.01 bits per heavy atom. The van der Waals surface area contributed by atoms with Crippen molar-refractivity contribution in [1.82, 2.24) is 58.2 Å². The van der Waals surface area contributed by atoms with Crippen LogP contribution in [0.15, 0.2) is 35.5 Å². The summed E-state index contributed by atoms with van der Waals surface area (Å²) in [5.74, 6) is -16.3. The van der Waals surface area contributed by atoms with E-state index in [4.69, 9.17) is 34.4 Å². The van der Waals surface area contributed by atoms with Crippen molar-refractivity contribution in [1.29, 1.82) is 0 Å². The number of aliphatic imine (C=N–C) groups is 1. The van der Waals surface area contributed by atoms with Crippen molar-refractivity contribution in [2.24, 2.45) is 39.4 Å². The first-order chi connectivity index (χ1) is 41.5. The highest BCUT2D eigenvalue weighted by Gasteiger charge is 2.36. The number of aromatic amines is 1. The van der Waals surface area contributed by atoms with E-state index in [0.717, 1.165) is 6.92 Å². The zero-order chi connectivity index (χ0) is 66.2. The molecule has 2 rings (SSSR count). The Morgan fingerprint density at radius 3 is 1.56 bits per heavy atom. The highest BCUT2D eigenvalue weighted by Crippen LogP contribution is 2.20. The van der Waals surface area contributed by atoms with Gasteiger partial charge in [-0.25, -0.2) is 4.79 Å². The highest BCUT2D eigenvalue weighted by atomic mass is 16.4. The predicted molar refractivity (Wildman–Crippen MR) is 307 cm³/mol. The van der Waals surface area contributed by atoms with Gasteiger partial charge in [0.15, 0.2) is 5.96 Å². The molecule has 2 aromatic rings. The van der Waals surface area contributed by atoms with E-state index in [1.54, 1.807) is 24.3 Å². The Labute approximate surface area is 502 Å². The second kappa shape index (κ2) is 38.5. The van der Waals surface area contributed by atoms with Crippen molar-refractivity contribution in [3.8, 4) is 0 Å². The molecule has 10 atom stereocenters. The number of fused-ring (bicyclic) bond motifs is 1. The number of unbranched alkanes of at least 4 members (excludes halogenated alkanes) is 1. The predicted octanol–water partition coefficient (Wildman–Crippen LogP) is -10.2. The molecule has 12 amide bonds. The number of nitrogens with two attached hydrogens (primary N) is 6. The third-order valence-electron chi connectivity index (χ3n) is 12.9. The van der Waals surface area contributed by atoms with Gasteiger partial charge in [-0.1, -0.05) is 18.2 Å². The maximum atomic E-state index is 14.4. The van der Waals surface area contributed by atoms with Gasteiger partial charge in [0.25, 0.3) is 0 Å². The van der Waals surface area contributed by atoms with E-state index in [1.807, 2.05) is 5.32 Å². The summed E-state index contributed by atoms with van der Waals surface area (Å²) in [5, 5.41) is 72.1. The molecular formula is C51H80N18O19. The molecule has 1 aromatic carbocycles. The van der Waals surface area contributed by atoms with Crippen molar-refractivity contribution in [3.05, 3.63) is 36.0 Å². The maximum Gasteiger partial charge on any atom is 0.326 e. The number of nitrogens with zero attached hydrogens (tertiary/aromatic N) is 1. The average Bonchev–Trinajstić information content (AvgIpc) is 2.99. The second-order valence-electron chi connectivity index (χ2n) is 19.9. The van der Waals surface area contributed by atoms with Crippen molar-refractivity contribution in [2.45, 2.75) is 138 Å². The van der Waals surface area contributed by atoms with Crippen LogP contribution in [0.25, 0.3) is 10.9 Å². The Balaban J connectivity index is 2.39. The molecule has 0 aliphatic carbocycles. The summed E-state index contributed by atoms with van der Waals surface area (Å²) in [4.78, 5) is 188. The van der Waals surface area contributed by atoms with Gasteiger partial charge in [-0.15, -0.1) is 0 Å². The molecule has 37 heteroatoms. The molecule has 0 spiro atoms. The van der Waals surface area contributed by atoms with E-state index in [1.165, 1.54) is 6.20 Å².